The van der Waals surface area contributed by atoms with E-state index in [0.29, 0.717) is 16.1 Å². The van der Waals surface area contributed by atoms with Gasteiger partial charge in [-0.05, 0) is 48.7 Å². The van der Waals surface area contributed by atoms with E-state index in [1.165, 1.54) is 5.56 Å². The van der Waals surface area contributed by atoms with Gasteiger partial charge in [0, 0.05) is 35.0 Å². The highest BCUT2D eigenvalue weighted by Gasteiger charge is 2.10. The van der Waals surface area contributed by atoms with E-state index in [0.717, 1.165) is 31.5 Å². The summed E-state index contributed by atoms with van der Waals surface area (Å²) in [6.07, 6.45) is 6.54. The zero-order chi connectivity index (χ0) is 15.2. The van der Waals surface area contributed by atoms with E-state index < -0.39 is 0 Å². The standard InChI is InChI=1S/C17H22Cl2N2/c1-3-8-20-17(4-2)14-7-9-21(12-14)11-13-5-6-15(18)10-16(13)19/h5-7,9-10,12,17,20H,3-4,8,11H2,1-2H3. The van der Waals surface area contributed by atoms with Gasteiger partial charge in [0.1, 0.15) is 0 Å². The molecule has 1 aromatic carbocycles. The normalized spacial score (nSPS) is 12.6. The minimum Gasteiger partial charge on any atom is -0.350 e. The molecular weight excluding hydrogens is 303 g/mol. The van der Waals surface area contributed by atoms with Crippen LogP contribution in [0.1, 0.15) is 43.9 Å². The fourth-order valence-electron chi connectivity index (χ4n) is 2.43. The molecule has 0 radical (unpaired) electrons. The third-order valence-electron chi connectivity index (χ3n) is 3.59. The number of aromatic nitrogens is 1. The van der Waals surface area contributed by atoms with Crippen LogP contribution in [0.3, 0.4) is 0 Å². The monoisotopic (exact) mass is 324 g/mol. The number of hydrogen-bond acceptors (Lipinski definition) is 1. The fourth-order valence-corrected chi connectivity index (χ4v) is 2.90. The zero-order valence-corrected chi connectivity index (χ0v) is 14.1. The van der Waals surface area contributed by atoms with Crippen LogP contribution in [0.2, 0.25) is 10.0 Å². The summed E-state index contributed by atoms with van der Waals surface area (Å²) < 4.78 is 2.17. The SMILES string of the molecule is CCCNC(CC)c1ccn(Cc2ccc(Cl)cc2Cl)c1. The Balaban J connectivity index is 2.08. The Hall–Kier alpha value is -0.960. The fraction of sp³-hybridized carbons (Fsp3) is 0.412. The smallest absolute Gasteiger partial charge is 0.0485 e. The lowest BCUT2D eigenvalue weighted by Gasteiger charge is -2.15. The highest BCUT2D eigenvalue weighted by Crippen LogP contribution is 2.23. The predicted molar refractivity (Wildman–Crippen MR) is 91.3 cm³/mol. The van der Waals surface area contributed by atoms with Crippen molar-refractivity contribution in [1.29, 1.82) is 0 Å². The van der Waals surface area contributed by atoms with Crippen LogP contribution in [0.15, 0.2) is 36.7 Å². The molecule has 0 bridgehead atoms. The molecule has 0 saturated heterocycles. The molecule has 0 saturated carbocycles. The maximum atomic E-state index is 6.23. The van der Waals surface area contributed by atoms with Gasteiger partial charge >= 0.3 is 0 Å². The van der Waals surface area contributed by atoms with Crippen molar-refractivity contribution in [3.8, 4) is 0 Å². The highest BCUT2D eigenvalue weighted by atomic mass is 35.5. The first-order valence-electron chi connectivity index (χ1n) is 7.47. The Bertz CT molecular complexity index is 578. The van der Waals surface area contributed by atoms with E-state index >= 15 is 0 Å². The molecule has 1 unspecified atom stereocenters. The van der Waals surface area contributed by atoms with Crippen molar-refractivity contribution in [2.75, 3.05) is 6.54 Å². The second kappa shape index (κ2) is 7.88. The van der Waals surface area contributed by atoms with Crippen LogP contribution in [0.4, 0.5) is 0 Å². The Morgan fingerprint density at radius 3 is 2.67 bits per heavy atom. The topological polar surface area (TPSA) is 17.0 Å². The second-order valence-corrected chi connectivity index (χ2v) is 6.11. The third kappa shape index (κ3) is 4.50. The van der Waals surface area contributed by atoms with Crippen molar-refractivity contribution in [2.45, 2.75) is 39.3 Å². The van der Waals surface area contributed by atoms with Crippen molar-refractivity contribution in [3.63, 3.8) is 0 Å². The first-order valence-corrected chi connectivity index (χ1v) is 8.22. The van der Waals surface area contributed by atoms with E-state index in [2.05, 4.69) is 42.2 Å². The number of hydrogen-bond donors (Lipinski definition) is 1. The number of halogens is 2. The summed E-state index contributed by atoms with van der Waals surface area (Å²) in [5, 5.41) is 4.96. The highest BCUT2D eigenvalue weighted by molar-refractivity contribution is 6.35. The molecule has 21 heavy (non-hydrogen) atoms. The van der Waals surface area contributed by atoms with Gasteiger partial charge in [0.25, 0.3) is 0 Å². The molecule has 1 N–H and O–H groups in total. The van der Waals surface area contributed by atoms with Gasteiger partial charge in [0.05, 0.1) is 0 Å². The third-order valence-corrected chi connectivity index (χ3v) is 4.18. The van der Waals surface area contributed by atoms with Crippen molar-refractivity contribution < 1.29 is 0 Å². The largest absolute Gasteiger partial charge is 0.350 e. The molecule has 2 nitrogen and oxygen atoms in total. The summed E-state index contributed by atoms with van der Waals surface area (Å²) in [6, 6.07) is 8.26. The first-order chi connectivity index (χ1) is 10.1. The van der Waals surface area contributed by atoms with Crippen LogP contribution in [0, 0.1) is 0 Å². The van der Waals surface area contributed by atoms with Gasteiger partial charge in [-0.15, -0.1) is 0 Å². The number of nitrogens with one attached hydrogen (secondary N) is 1. The molecule has 2 aromatic rings. The van der Waals surface area contributed by atoms with Crippen molar-refractivity contribution in [2.24, 2.45) is 0 Å². The van der Waals surface area contributed by atoms with Gasteiger partial charge in [0.2, 0.25) is 0 Å². The second-order valence-electron chi connectivity index (χ2n) is 5.27. The summed E-state index contributed by atoms with van der Waals surface area (Å²) in [5.74, 6) is 0. The number of benzene rings is 1. The van der Waals surface area contributed by atoms with Gasteiger partial charge in [-0.25, -0.2) is 0 Å². The molecule has 0 spiro atoms. The van der Waals surface area contributed by atoms with Crippen molar-refractivity contribution in [1.82, 2.24) is 9.88 Å². The number of rotatable bonds is 7. The minimum atomic E-state index is 0.423. The molecule has 0 aliphatic carbocycles. The Morgan fingerprint density at radius 2 is 2.00 bits per heavy atom. The molecule has 4 heteroatoms. The molecule has 1 atom stereocenters. The van der Waals surface area contributed by atoms with Crippen molar-refractivity contribution in [3.05, 3.63) is 57.8 Å². The maximum absolute atomic E-state index is 6.23. The lowest BCUT2D eigenvalue weighted by atomic mass is 10.1. The van der Waals surface area contributed by atoms with Gasteiger partial charge in [-0.3, -0.25) is 0 Å². The summed E-state index contributed by atoms with van der Waals surface area (Å²) >= 11 is 12.2. The van der Waals surface area contributed by atoms with E-state index in [1.54, 1.807) is 6.07 Å². The molecule has 114 valence electrons. The Labute approximate surface area is 137 Å². The van der Waals surface area contributed by atoms with Gasteiger partial charge in [0.15, 0.2) is 0 Å². The van der Waals surface area contributed by atoms with E-state index in [4.69, 9.17) is 23.2 Å². The van der Waals surface area contributed by atoms with Gasteiger partial charge < -0.3 is 9.88 Å². The van der Waals surface area contributed by atoms with Crippen LogP contribution in [0.5, 0.6) is 0 Å². The molecule has 0 amide bonds. The molecule has 1 aromatic heterocycles. The molecule has 2 rings (SSSR count). The molecule has 1 heterocycles. The zero-order valence-electron chi connectivity index (χ0n) is 12.6. The van der Waals surface area contributed by atoms with Crippen LogP contribution >= 0.6 is 23.2 Å². The number of nitrogens with zero attached hydrogens (tertiary/aromatic N) is 1. The van der Waals surface area contributed by atoms with Crippen LogP contribution < -0.4 is 5.32 Å². The van der Waals surface area contributed by atoms with E-state index in [9.17, 15) is 0 Å². The van der Waals surface area contributed by atoms with E-state index in [-0.39, 0.29) is 0 Å². The first kappa shape index (κ1) is 16.4. The minimum absolute atomic E-state index is 0.423. The molecular formula is C17H22Cl2N2. The summed E-state index contributed by atoms with van der Waals surface area (Å²) in [5.41, 5.74) is 2.41. The maximum Gasteiger partial charge on any atom is 0.0485 e. The van der Waals surface area contributed by atoms with E-state index in [1.807, 2.05) is 12.1 Å². The Morgan fingerprint density at radius 1 is 1.19 bits per heavy atom. The van der Waals surface area contributed by atoms with Gasteiger partial charge in [-0.1, -0.05) is 43.1 Å². The van der Waals surface area contributed by atoms with Crippen LogP contribution in [-0.4, -0.2) is 11.1 Å². The van der Waals surface area contributed by atoms with Crippen LogP contribution in [-0.2, 0) is 6.54 Å². The van der Waals surface area contributed by atoms with Crippen LogP contribution in [0.25, 0.3) is 0 Å². The summed E-state index contributed by atoms with van der Waals surface area (Å²) in [4.78, 5) is 0. The Kier molecular flexibility index (Phi) is 6.16. The molecule has 0 aliphatic heterocycles. The molecule has 0 aliphatic rings. The summed E-state index contributed by atoms with van der Waals surface area (Å²) in [6.45, 7) is 6.21. The predicted octanol–water partition coefficient (Wildman–Crippen LogP) is 5.29. The quantitative estimate of drug-likeness (QED) is 0.731. The lowest BCUT2D eigenvalue weighted by molar-refractivity contribution is 0.517. The van der Waals surface area contributed by atoms with Crippen molar-refractivity contribution >= 4 is 23.2 Å². The van der Waals surface area contributed by atoms with Gasteiger partial charge in [-0.2, -0.15) is 0 Å². The summed E-state index contributed by atoms with van der Waals surface area (Å²) in [7, 11) is 0. The average Bonchev–Trinajstić information content (AvgIpc) is 2.91. The molecule has 0 fully saturated rings. The lowest BCUT2D eigenvalue weighted by Crippen LogP contribution is -2.21. The average molecular weight is 325 g/mol.